The Kier molecular flexibility index (Phi) is 3.29. The summed E-state index contributed by atoms with van der Waals surface area (Å²) in [4.78, 5) is 10.6. The second kappa shape index (κ2) is 5.45. The van der Waals surface area contributed by atoms with Crippen molar-refractivity contribution < 1.29 is 4.74 Å². The third-order valence-electron chi connectivity index (χ3n) is 3.90. The van der Waals surface area contributed by atoms with Gasteiger partial charge in [0.15, 0.2) is 11.5 Å². The summed E-state index contributed by atoms with van der Waals surface area (Å²) in [5, 5.41) is 12.7. The average Bonchev–Trinajstić information content (AvgIpc) is 3.17. The van der Waals surface area contributed by atoms with Gasteiger partial charge in [-0.15, -0.1) is 15.3 Å². The Balaban J connectivity index is 1.48. The van der Waals surface area contributed by atoms with Crippen LogP contribution in [0.5, 0.6) is 6.01 Å². The third-order valence-corrected chi connectivity index (χ3v) is 3.90. The van der Waals surface area contributed by atoms with E-state index in [9.17, 15) is 0 Å². The van der Waals surface area contributed by atoms with Gasteiger partial charge in [-0.25, -0.2) is 9.97 Å². The Labute approximate surface area is 133 Å². The molecule has 23 heavy (non-hydrogen) atoms. The molecule has 0 N–H and O–H groups in total. The first-order chi connectivity index (χ1) is 11.2. The lowest BCUT2D eigenvalue weighted by atomic mass is 10.3. The highest BCUT2D eigenvalue weighted by Crippen LogP contribution is 2.21. The molecule has 0 aromatic carbocycles. The SMILES string of the molecule is Cc1cnc(OC2CCN(c3ccc4nnc(C)n4n3)C2)nc1. The number of fused-ring (bicyclic) bond motifs is 1. The zero-order valence-electron chi connectivity index (χ0n) is 13.0. The van der Waals surface area contributed by atoms with Gasteiger partial charge in [-0.1, -0.05) is 0 Å². The molecule has 118 valence electrons. The van der Waals surface area contributed by atoms with Gasteiger partial charge < -0.3 is 9.64 Å². The normalized spacial score (nSPS) is 17.8. The van der Waals surface area contributed by atoms with Crippen LogP contribution in [0.4, 0.5) is 5.82 Å². The zero-order valence-corrected chi connectivity index (χ0v) is 13.0. The molecule has 0 spiro atoms. The number of rotatable bonds is 3. The molecule has 8 nitrogen and oxygen atoms in total. The van der Waals surface area contributed by atoms with Crippen LogP contribution >= 0.6 is 0 Å². The molecule has 1 unspecified atom stereocenters. The molecule has 1 atom stereocenters. The molecule has 1 aliphatic heterocycles. The largest absolute Gasteiger partial charge is 0.458 e. The van der Waals surface area contributed by atoms with Crippen LogP contribution < -0.4 is 9.64 Å². The summed E-state index contributed by atoms with van der Waals surface area (Å²) in [7, 11) is 0. The van der Waals surface area contributed by atoms with Crippen molar-refractivity contribution in [3.8, 4) is 6.01 Å². The van der Waals surface area contributed by atoms with E-state index in [1.54, 1.807) is 16.9 Å². The first-order valence-corrected chi connectivity index (χ1v) is 7.58. The van der Waals surface area contributed by atoms with Crippen LogP contribution in [-0.2, 0) is 0 Å². The number of nitrogens with zero attached hydrogens (tertiary/aromatic N) is 7. The molecule has 4 heterocycles. The summed E-state index contributed by atoms with van der Waals surface area (Å²) in [6.07, 6.45) is 4.51. The van der Waals surface area contributed by atoms with Crippen molar-refractivity contribution >= 4 is 11.5 Å². The van der Waals surface area contributed by atoms with Crippen molar-refractivity contribution in [2.45, 2.75) is 26.4 Å². The molecule has 3 aromatic heterocycles. The van der Waals surface area contributed by atoms with E-state index >= 15 is 0 Å². The van der Waals surface area contributed by atoms with Crippen LogP contribution in [0.15, 0.2) is 24.5 Å². The molecule has 0 saturated carbocycles. The topological polar surface area (TPSA) is 81.3 Å². The highest BCUT2D eigenvalue weighted by Gasteiger charge is 2.26. The number of anilines is 1. The minimum Gasteiger partial charge on any atom is -0.458 e. The lowest BCUT2D eigenvalue weighted by Crippen LogP contribution is -2.26. The van der Waals surface area contributed by atoms with Gasteiger partial charge in [-0.3, -0.25) is 0 Å². The fourth-order valence-electron chi connectivity index (χ4n) is 2.68. The van der Waals surface area contributed by atoms with Crippen LogP contribution in [-0.4, -0.2) is 49.0 Å². The highest BCUT2D eigenvalue weighted by molar-refractivity contribution is 5.46. The summed E-state index contributed by atoms with van der Waals surface area (Å²) >= 11 is 0. The minimum atomic E-state index is 0.0669. The Morgan fingerprint density at radius 2 is 1.96 bits per heavy atom. The first kappa shape index (κ1) is 13.9. The number of aromatic nitrogens is 6. The first-order valence-electron chi connectivity index (χ1n) is 7.58. The standard InChI is InChI=1S/C15H17N7O/c1-10-7-16-15(17-8-10)23-12-5-6-21(9-12)14-4-3-13-19-18-11(2)22(13)20-14/h3-4,7-8,12H,5-6,9H2,1-2H3. The molecular formula is C15H17N7O. The van der Waals surface area contributed by atoms with Gasteiger partial charge in [0.2, 0.25) is 0 Å². The quantitative estimate of drug-likeness (QED) is 0.718. The van der Waals surface area contributed by atoms with E-state index in [2.05, 4.69) is 30.2 Å². The van der Waals surface area contributed by atoms with Crippen molar-refractivity contribution in [1.82, 2.24) is 29.8 Å². The smallest absolute Gasteiger partial charge is 0.316 e. The zero-order chi connectivity index (χ0) is 15.8. The molecule has 4 rings (SSSR count). The Hall–Kier alpha value is -2.77. The molecule has 3 aromatic rings. The summed E-state index contributed by atoms with van der Waals surface area (Å²) in [6, 6.07) is 4.33. The van der Waals surface area contributed by atoms with E-state index in [0.717, 1.165) is 42.4 Å². The van der Waals surface area contributed by atoms with E-state index in [1.165, 1.54) is 0 Å². The van der Waals surface area contributed by atoms with Crippen LogP contribution in [0.1, 0.15) is 17.8 Å². The lowest BCUT2D eigenvalue weighted by Gasteiger charge is -2.17. The van der Waals surface area contributed by atoms with Crippen molar-refractivity contribution in [2.75, 3.05) is 18.0 Å². The summed E-state index contributed by atoms with van der Waals surface area (Å²) in [5.41, 5.74) is 1.78. The molecule has 0 radical (unpaired) electrons. The maximum absolute atomic E-state index is 5.86. The summed E-state index contributed by atoms with van der Waals surface area (Å²) in [5.74, 6) is 1.68. The summed E-state index contributed by atoms with van der Waals surface area (Å²) in [6.45, 7) is 5.49. The number of aryl methyl sites for hydroxylation is 2. The molecule has 1 aliphatic rings. The molecule has 1 fully saturated rings. The van der Waals surface area contributed by atoms with Crippen LogP contribution in [0, 0.1) is 13.8 Å². The lowest BCUT2D eigenvalue weighted by molar-refractivity contribution is 0.206. The van der Waals surface area contributed by atoms with Crippen LogP contribution in [0.3, 0.4) is 0 Å². The van der Waals surface area contributed by atoms with Gasteiger partial charge in [0.25, 0.3) is 0 Å². The highest BCUT2D eigenvalue weighted by atomic mass is 16.5. The predicted octanol–water partition coefficient (Wildman–Crippen LogP) is 1.19. The van der Waals surface area contributed by atoms with Crippen LogP contribution in [0.2, 0.25) is 0 Å². The fraction of sp³-hybridized carbons (Fsp3) is 0.400. The van der Waals surface area contributed by atoms with Gasteiger partial charge in [0, 0.05) is 25.4 Å². The van der Waals surface area contributed by atoms with Gasteiger partial charge in [0.1, 0.15) is 11.9 Å². The average molecular weight is 311 g/mol. The number of ether oxygens (including phenoxy) is 1. The van der Waals surface area contributed by atoms with Gasteiger partial charge in [-0.2, -0.15) is 4.52 Å². The predicted molar refractivity (Wildman–Crippen MR) is 83.5 cm³/mol. The van der Waals surface area contributed by atoms with E-state index in [-0.39, 0.29) is 6.10 Å². The molecular weight excluding hydrogens is 294 g/mol. The minimum absolute atomic E-state index is 0.0669. The number of hydrogen-bond donors (Lipinski definition) is 0. The van der Waals surface area contributed by atoms with Crippen LogP contribution in [0.25, 0.3) is 5.65 Å². The van der Waals surface area contributed by atoms with E-state index in [1.807, 2.05) is 26.0 Å². The monoisotopic (exact) mass is 311 g/mol. The molecule has 0 amide bonds. The molecule has 8 heteroatoms. The summed E-state index contributed by atoms with van der Waals surface area (Å²) < 4.78 is 7.61. The van der Waals surface area contributed by atoms with E-state index in [4.69, 9.17) is 4.74 Å². The molecule has 0 bridgehead atoms. The van der Waals surface area contributed by atoms with Crippen molar-refractivity contribution in [3.63, 3.8) is 0 Å². The maximum Gasteiger partial charge on any atom is 0.316 e. The van der Waals surface area contributed by atoms with Crippen molar-refractivity contribution in [1.29, 1.82) is 0 Å². The number of hydrogen-bond acceptors (Lipinski definition) is 7. The third kappa shape index (κ3) is 2.67. The maximum atomic E-state index is 5.86. The Morgan fingerprint density at radius 1 is 1.13 bits per heavy atom. The second-order valence-corrected chi connectivity index (χ2v) is 5.73. The Bertz CT molecular complexity index is 829. The molecule has 0 aliphatic carbocycles. The molecule has 1 saturated heterocycles. The van der Waals surface area contributed by atoms with Gasteiger partial charge >= 0.3 is 6.01 Å². The van der Waals surface area contributed by atoms with Crippen molar-refractivity contribution in [2.24, 2.45) is 0 Å². The fourth-order valence-corrected chi connectivity index (χ4v) is 2.68. The van der Waals surface area contributed by atoms with E-state index in [0.29, 0.717) is 6.01 Å². The van der Waals surface area contributed by atoms with Crippen molar-refractivity contribution in [3.05, 3.63) is 35.9 Å². The van der Waals surface area contributed by atoms with Gasteiger partial charge in [0.05, 0.1) is 6.54 Å². The second-order valence-electron chi connectivity index (χ2n) is 5.73. The Morgan fingerprint density at radius 3 is 2.78 bits per heavy atom. The van der Waals surface area contributed by atoms with Gasteiger partial charge in [-0.05, 0) is 31.5 Å². The van der Waals surface area contributed by atoms with E-state index < -0.39 is 0 Å².